The van der Waals surface area contributed by atoms with Gasteiger partial charge in [0.2, 0.25) is 0 Å². The lowest BCUT2D eigenvalue weighted by Gasteiger charge is -2.43. The fourth-order valence-corrected chi connectivity index (χ4v) is 4.05. The third-order valence-electron chi connectivity index (χ3n) is 5.60. The zero-order valence-corrected chi connectivity index (χ0v) is 15.4. The molecule has 1 atom stereocenters. The number of benzene rings is 1. The average Bonchev–Trinajstić information content (AvgIpc) is 2.90. The van der Waals surface area contributed by atoms with Crippen LogP contribution in [0.3, 0.4) is 0 Å². The number of urea groups is 1. The molecule has 1 unspecified atom stereocenters. The number of hydrogen-bond donors (Lipinski definition) is 2. The van der Waals surface area contributed by atoms with E-state index in [0.717, 1.165) is 17.3 Å². The van der Waals surface area contributed by atoms with Gasteiger partial charge in [-0.25, -0.2) is 4.79 Å². The monoisotopic (exact) mass is 394 g/mol. The second-order valence-electron chi connectivity index (χ2n) is 7.34. The van der Waals surface area contributed by atoms with Crippen LogP contribution in [0.2, 0.25) is 0 Å². The van der Waals surface area contributed by atoms with Crippen LogP contribution in [0, 0.1) is 5.41 Å². The molecule has 0 aromatic heterocycles. The van der Waals surface area contributed by atoms with Gasteiger partial charge in [-0.2, -0.15) is 0 Å². The van der Waals surface area contributed by atoms with Crippen LogP contribution in [-0.2, 0) is 10.2 Å². The Bertz CT molecular complexity index is 659. The molecule has 2 fully saturated rings. The highest BCUT2D eigenvalue weighted by Gasteiger charge is 2.43. The molecule has 5 nitrogen and oxygen atoms in total. The second-order valence-corrected chi connectivity index (χ2v) is 8.26. The highest BCUT2D eigenvalue weighted by atomic mass is 79.9. The molecule has 2 aliphatic rings. The number of likely N-dealkylation sites (tertiary alicyclic amines) is 1. The molecule has 1 aliphatic heterocycles. The van der Waals surface area contributed by atoms with Crippen LogP contribution in [-0.4, -0.2) is 41.6 Å². The minimum Gasteiger partial charge on any atom is -0.481 e. The first-order chi connectivity index (χ1) is 11.3. The number of hydrogen-bond acceptors (Lipinski definition) is 2. The number of rotatable bonds is 4. The fourth-order valence-electron chi connectivity index (χ4n) is 3.66. The van der Waals surface area contributed by atoms with Gasteiger partial charge in [-0.15, -0.1) is 0 Å². The molecule has 24 heavy (non-hydrogen) atoms. The van der Waals surface area contributed by atoms with Crippen molar-refractivity contribution in [1.82, 2.24) is 10.2 Å². The Kier molecular flexibility index (Phi) is 4.60. The molecule has 3 rings (SSSR count). The number of aliphatic carboxylic acids is 1. The van der Waals surface area contributed by atoms with E-state index in [1.54, 1.807) is 11.8 Å². The summed E-state index contributed by atoms with van der Waals surface area (Å²) in [6.45, 7) is 3.08. The first kappa shape index (κ1) is 17.3. The Morgan fingerprint density at radius 2 is 2.08 bits per heavy atom. The summed E-state index contributed by atoms with van der Waals surface area (Å²) in [4.78, 5) is 25.4. The largest absolute Gasteiger partial charge is 0.481 e. The minimum absolute atomic E-state index is 0.00919. The molecular weight excluding hydrogens is 372 g/mol. The lowest BCUT2D eigenvalue weighted by Crippen LogP contribution is -2.49. The number of nitrogens with one attached hydrogen (secondary N) is 1. The second kappa shape index (κ2) is 6.39. The van der Waals surface area contributed by atoms with Gasteiger partial charge >= 0.3 is 12.0 Å². The van der Waals surface area contributed by atoms with Gasteiger partial charge in [0.05, 0.1) is 5.41 Å². The molecule has 2 N–H and O–H groups in total. The molecule has 1 heterocycles. The first-order valence-electron chi connectivity index (χ1n) is 8.37. The van der Waals surface area contributed by atoms with E-state index in [1.165, 1.54) is 12.0 Å². The van der Waals surface area contributed by atoms with Crippen molar-refractivity contribution in [1.29, 1.82) is 0 Å². The van der Waals surface area contributed by atoms with Gasteiger partial charge in [-0.05, 0) is 43.9 Å². The topological polar surface area (TPSA) is 69.6 Å². The summed E-state index contributed by atoms with van der Waals surface area (Å²) < 4.78 is 1.05. The maximum absolute atomic E-state index is 12.5. The summed E-state index contributed by atoms with van der Waals surface area (Å²) in [6.07, 6.45) is 3.81. The quantitative estimate of drug-likeness (QED) is 0.821. The molecule has 0 bridgehead atoms. The van der Waals surface area contributed by atoms with E-state index in [2.05, 4.69) is 33.4 Å². The van der Waals surface area contributed by atoms with Crippen molar-refractivity contribution in [2.24, 2.45) is 5.41 Å². The fraction of sp³-hybridized carbons (Fsp3) is 0.556. The van der Waals surface area contributed by atoms with Gasteiger partial charge in [0.15, 0.2) is 0 Å². The van der Waals surface area contributed by atoms with Gasteiger partial charge in [0, 0.05) is 29.5 Å². The van der Waals surface area contributed by atoms with E-state index >= 15 is 0 Å². The van der Waals surface area contributed by atoms with Crippen LogP contribution in [0.4, 0.5) is 4.79 Å². The van der Waals surface area contributed by atoms with Crippen LogP contribution in [0.25, 0.3) is 0 Å². The molecule has 0 spiro atoms. The van der Waals surface area contributed by atoms with Crippen molar-refractivity contribution in [3.05, 3.63) is 34.3 Å². The van der Waals surface area contributed by atoms with E-state index < -0.39 is 11.4 Å². The lowest BCUT2D eigenvalue weighted by molar-refractivity contribution is -0.147. The van der Waals surface area contributed by atoms with Crippen molar-refractivity contribution in [3.8, 4) is 0 Å². The van der Waals surface area contributed by atoms with Gasteiger partial charge in [0.1, 0.15) is 0 Å². The number of carbonyl (C=O) groups excluding carboxylic acids is 1. The summed E-state index contributed by atoms with van der Waals surface area (Å²) in [6, 6.07) is 8.13. The van der Waals surface area contributed by atoms with E-state index in [-0.39, 0.29) is 18.0 Å². The van der Waals surface area contributed by atoms with Crippen LogP contribution in [0.1, 0.15) is 38.2 Å². The normalized spacial score (nSPS) is 25.2. The maximum atomic E-state index is 12.5. The number of halogens is 1. The maximum Gasteiger partial charge on any atom is 0.317 e. The third kappa shape index (κ3) is 3.16. The molecule has 130 valence electrons. The van der Waals surface area contributed by atoms with Crippen molar-refractivity contribution < 1.29 is 14.7 Å². The van der Waals surface area contributed by atoms with Crippen molar-refractivity contribution >= 4 is 27.9 Å². The van der Waals surface area contributed by atoms with Crippen LogP contribution in [0.15, 0.2) is 28.7 Å². The van der Waals surface area contributed by atoms with Crippen LogP contribution >= 0.6 is 15.9 Å². The molecule has 1 saturated heterocycles. The van der Waals surface area contributed by atoms with E-state index in [1.807, 2.05) is 12.1 Å². The Labute approximate surface area is 150 Å². The van der Waals surface area contributed by atoms with Crippen molar-refractivity contribution in [2.45, 2.75) is 38.0 Å². The minimum atomic E-state index is -0.831. The number of carbonyl (C=O) groups is 2. The summed E-state index contributed by atoms with van der Waals surface area (Å²) >= 11 is 3.52. The Morgan fingerprint density at radius 1 is 1.33 bits per heavy atom. The zero-order valence-electron chi connectivity index (χ0n) is 13.8. The highest BCUT2D eigenvalue weighted by molar-refractivity contribution is 9.10. The molecule has 6 heteroatoms. The summed E-state index contributed by atoms with van der Waals surface area (Å²) in [5.41, 5.74) is 0.436. The van der Waals surface area contributed by atoms with E-state index in [9.17, 15) is 14.7 Å². The molecule has 1 aromatic rings. The van der Waals surface area contributed by atoms with Crippen molar-refractivity contribution in [3.63, 3.8) is 0 Å². The predicted molar refractivity (Wildman–Crippen MR) is 95.0 cm³/mol. The van der Waals surface area contributed by atoms with Crippen LogP contribution in [0.5, 0.6) is 0 Å². The number of amides is 2. The van der Waals surface area contributed by atoms with E-state index in [0.29, 0.717) is 19.5 Å². The van der Waals surface area contributed by atoms with Gasteiger partial charge < -0.3 is 15.3 Å². The number of nitrogens with zero attached hydrogens (tertiary/aromatic N) is 1. The van der Waals surface area contributed by atoms with E-state index in [4.69, 9.17) is 0 Å². The molecule has 1 saturated carbocycles. The molecule has 1 aliphatic carbocycles. The van der Waals surface area contributed by atoms with Gasteiger partial charge in [-0.1, -0.05) is 34.5 Å². The van der Waals surface area contributed by atoms with Crippen molar-refractivity contribution in [2.75, 3.05) is 19.6 Å². The molecule has 2 amide bonds. The zero-order chi connectivity index (χ0) is 17.4. The Morgan fingerprint density at radius 3 is 2.62 bits per heavy atom. The Hall–Kier alpha value is -1.56. The molecule has 0 radical (unpaired) electrons. The predicted octanol–water partition coefficient (Wildman–Crippen LogP) is 3.38. The van der Waals surface area contributed by atoms with Gasteiger partial charge in [0.25, 0.3) is 0 Å². The average molecular weight is 395 g/mol. The summed E-state index contributed by atoms with van der Waals surface area (Å²) in [5, 5.41) is 12.3. The summed E-state index contributed by atoms with van der Waals surface area (Å²) in [5.74, 6) is -0.831. The third-order valence-corrected chi connectivity index (χ3v) is 6.10. The highest BCUT2D eigenvalue weighted by Crippen LogP contribution is 2.44. The lowest BCUT2D eigenvalue weighted by atomic mass is 9.64. The molecular formula is C18H23BrN2O3. The Balaban J connectivity index is 1.62. The SMILES string of the molecule is CC1(C(=O)O)CCN(C(=O)NCC2(c3cccc(Br)c3)CCC2)C1. The smallest absolute Gasteiger partial charge is 0.317 e. The standard InChI is InChI=1S/C18H23BrN2O3/c1-17(15(22)23)8-9-21(12-17)16(24)20-11-18(6-3-7-18)13-4-2-5-14(19)10-13/h2,4-5,10H,3,6-9,11-12H2,1H3,(H,20,24)(H,22,23). The van der Waals surface area contributed by atoms with Crippen LogP contribution < -0.4 is 5.32 Å². The first-order valence-corrected chi connectivity index (χ1v) is 9.16. The summed E-state index contributed by atoms with van der Waals surface area (Å²) in [7, 11) is 0. The number of carboxylic acid groups (broad SMARTS) is 1. The number of carboxylic acids is 1. The van der Waals surface area contributed by atoms with Gasteiger partial charge in [-0.3, -0.25) is 4.79 Å². The molecule has 1 aromatic carbocycles.